The van der Waals surface area contributed by atoms with Gasteiger partial charge in [0.15, 0.2) is 0 Å². The smallest absolute Gasteiger partial charge is 0.234 e. The fraction of sp³-hybridized carbons (Fsp3) is 0.667. The minimum absolute atomic E-state index is 0.506. The lowest BCUT2D eigenvalue weighted by atomic mass is 10.5. The van der Waals surface area contributed by atoms with Crippen LogP contribution in [0.5, 0.6) is 5.88 Å². The monoisotopic (exact) mass is 239 g/mol. The quantitative estimate of drug-likeness (QED) is 0.669. The number of hydrogen-bond donors (Lipinski definition) is 1. The van der Waals surface area contributed by atoms with Crippen molar-refractivity contribution in [3.8, 4) is 5.88 Å². The number of aromatic nitrogens is 2. The molecular weight excluding hydrogens is 218 g/mol. The molecule has 1 rings (SSSR count). The molecule has 1 aromatic heterocycles. The molecule has 0 unspecified atom stereocenters. The van der Waals surface area contributed by atoms with Crippen molar-refractivity contribution in [1.82, 2.24) is 9.97 Å². The molecule has 0 radical (unpaired) electrons. The Kier molecular flexibility index (Phi) is 7.06. The maximum atomic E-state index is 5.43. The average molecular weight is 239 g/mol. The van der Waals surface area contributed by atoms with E-state index in [2.05, 4.69) is 29.1 Å². The highest BCUT2D eigenvalue weighted by atomic mass is 16.5. The number of hydrogen-bond acceptors (Lipinski definition) is 5. The average Bonchev–Trinajstić information content (AvgIpc) is 2.37. The SMILES string of the molecule is CCCNc1cncc(OCCOCCC)n1. The van der Waals surface area contributed by atoms with Crippen LogP contribution < -0.4 is 10.1 Å². The first kappa shape index (κ1) is 13.7. The molecule has 0 saturated carbocycles. The lowest BCUT2D eigenvalue weighted by Gasteiger charge is -2.07. The molecule has 5 nitrogen and oxygen atoms in total. The molecule has 0 aromatic carbocycles. The number of nitrogens with zero attached hydrogens (tertiary/aromatic N) is 2. The number of rotatable bonds is 9. The maximum Gasteiger partial charge on any atom is 0.234 e. The molecule has 5 heteroatoms. The van der Waals surface area contributed by atoms with Crippen molar-refractivity contribution >= 4 is 5.82 Å². The van der Waals surface area contributed by atoms with Crippen LogP contribution in [0.2, 0.25) is 0 Å². The van der Waals surface area contributed by atoms with Gasteiger partial charge in [0.2, 0.25) is 5.88 Å². The summed E-state index contributed by atoms with van der Waals surface area (Å²) in [7, 11) is 0. The lowest BCUT2D eigenvalue weighted by molar-refractivity contribution is 0.0989. The van der Waals surface area contributed by atoms with Gasteiger partial charge in [-0.3, -0.25) is 4.98 Å². The van der Waals surface area contributed by atoms with Crippen LogP contribution in [-0.2, 0) is 4.74 Å². The van der Waals surface area contributed by atoms with Gasteiger partial charge in [0.05, 0.1) is 19.0 Å². The van der Waals surface area contributed by atoms with Gasteiger partial charge in [-0.1, -0.05) is 13.8 Å². The summed E-state index contributed by atoms with van der Waals surface area (Å²) in [4.78, 5) is 8.34. The van der Waals surface area contributed by atoms with Crippen LogP contribution in [0.15, 0.2) is 12.4 Å². The number of anilines is 1. The lowest BCUT2D eigenvalue weighted by Crippen LogP contribution is -2.09. The Bertz CT molecular complexity index is 308. The minimum Gasteiger partial charge on any atom is -0.474 e. The summed E-state index contributed by atoms with van der Waals surface area (Å²) in [6.45, 7) is 6.93. The standard InChI is InChI=1S/C12H21N3O2/c1-3-5-14-11-9-13-10-12(15-11)17-8-7-16-6-4-2/h9-10H,3-8H2,1-2H3,(H,14,15). The van der Waals surface area contributed by atoms with E-state index in [0.29, 0.717) is 19.1 Å². The van der Waals surface area contributed by atoms with Crippen molar-refractivity contribution in [2.75, 3.05) is 31.7 Å². The summed E-state index contributed by atoms with van der Waals surface area (Å²) in [6.07, 6.45) is 5.38. The second-order valence-corrected chi connectivity index (χ2v) is 3.63. The first-order chi connectivity index (χ1) is 8.36. The fourth-order valence-electron chi connectivity index (χ4n) is 1.21. The first-order valence-corrected chi connectivity index (χ1v) is 6.13. The zero-order valence-corrected chi connectivity index (χ0v) is 10.6. The van der Waals surface area contributed by atoms with Crippen LogP contribution in [0, 0.1) is 0 Å². The van der Waals surface area contributed by atoms with Crippen LogP contribution in [0.4, 0.5) is 5.82 Å². The molecule has 0 aliphatic carbocycles. The topological polar surface area (TPSA) is 56.3 Å². The Morgan fingerprint density at radius 3 is 2.76 bits per heavy atom. The van der Waals surface area contributed by atoms with E-state index in [1.54, 1.807) is 12.4 Å². The van der Waals surface area contributed by atoms with Crippen LogP contribution in [0.25, 0.3) is 0 Å². The predicted molar refractivity (Wildman–Crippen MR) is 67.4 cm³/mol. The van der Waals surface area contributed by atoms with E-state index in [1.807, 2.05) is 0 Å². The van der Waals surface area contributed by atoms with Gasteiger partial charge in [-0.15, -0.1) is 0 Å². The third-order valence-corrected chi connectivity index (χ3v) is 1.99. The third kappa shape index (κ3) is 6.06. The summed E-state index contributed by atoms with van der Waals surface area (Å²) in [5.41, 5.74) is 0. The van der Waals surface area contributed by atoms with Crippen molar-refractivity contribution in [1.29, 1.82) is 0 Å². The van der Waals surface area contributed by atoms with E-state index < -0.39 is 0 Å². The van der Waals surface area contributed by atoms with Gasteiger partial charge >= 0.3 is 0 Å². The molecule has 0 bridgehead atoms. The van der Waals surface area contributed by atoms with E-state index in [0.717, 1.165) is 31.8 Å². The van der Waals surface area contributed by atoms with Crippen molar-refractivity contribution in [2.45, 2.75) is 26.7 Å². The summed E-state index contributed by atoms with van der Waals surface area (Å²) in [6, 6.07) is 0. The van der Waals surface area contributed by atoms with E-state index in [9.17, 15) is 0 Å². The van der Waals surface area contributed by atoms with Crippen molar-refractivity contribution < 1.29 is 9.47 Å². The normalized spacial score (nSPS) is 10.2. The zero-order valence-electron chi connectivity index (χ0n) is 10.6. The number of nitrogens with one attached hydrogen (secondary N) is 1. The molecule has 1 N–H and O–H groups in total. The molecule has 0 aliphatic rings. The third-order valence-electron chi connectivity index (χ3n) is 1.99. The van der Waals surface area contributed by atoms with Crippen LogP contribution in [0.1, 0.15) is 26.7 Å². The van der Waals surface area contributed by atoms with Gasteiger partial charge in [0.25, 0.3) is 0 Å². The van der Waals surface area contributed by atoms with Gasteiger partial charge in [-0.2, -0.15) is 4.98 Å². The number of ether oxygens (including phenoxy) is 2. The molecule has 0 fully saturated rings. The summed E-state index contributed by atoms with van der Waals surface area (Å²) >= 11 is 0. The van der Waals surface area contributed by atoms with Crippen molar-refractivity contribution in [3.63, 3.8) is 0 Å². The van der Waals surface area contributed by atoms with Gasteiger partial charge in [-0.25, -0.2) is 0 Å². The van der Waals surface area contributed by atoms with Gasteiger partial charge < -0.3 is 14.8 Å². The largest absolute Gasteiger partial charge is 0.474 e. The molecule has 0 amide bonds. The van der Waals surface area contributed by atoms with Crippen LogP contribution in [0.3, 0.4) is 0 Å². The Morgan fingerprint density at radius 2 is 2.00 bits per heavy atom. The van der Waals surface area contributed by atoms with Gasteiger partial charge in [0, 0.05) is 13.2 Å². The minimum atomic E-state index is 0.506. The molecule has 1 aromatic rings. The highest BCUT2D eigenvalue weighted by molar-refractivity contribution is 5.32. The molecule has 0 saturated heterocycles. The summed E-state index contributed by atoms with van der Waals surface area (Å²) in [5.74, 6) is 1.28. The molecule has 17 heavy (non-hydrogen) atoms. The van der Waals surface area contributed by atoms with Crippen molar-refractivity contribution in [3.05, 3.63) is 12.4 Å². The van der Waals surface area contributed by atoms with E-state index in [-0.39, 0.29) is 0 Å². The first-order valence-electron chi connectivity index (χ1n) is 6.13. The molecule has 1 heterocycles. The van der Waals surface area contributed by atoms with Gasteiger partial charge in [-0.05, 0) is 12.8 Å². The second-order valence-electron chi connectivity index (χ2n) is 3.63. The molecular formula is C12H21N3O2. The Balaban J connectivity index is 2.27. The zero-order chi connectivity index (χ0) is 12.3. The van der Waals surface area contributed by atoms with Crippen molar-refractivity contribution in [2.24, 2.45) is 0 Å². The Morgan fingerprint density at radius 1 is 1.12 bits per heavy atom. The van der Waals surface area contributed by atoms with Crippen LogP contribution >= 0.6 is 0 Å². The molecule has 0 atom stereocenters. The van der Waals surface area contributed by atoms with E-state index in [1.165, 1.54) is 0 Å². The summed E-state index contributed by atoms with van der Waals surface area (Å²) in [5, 5.41) is 3.16. The Hall–Kier alpha value is -1.36. The fourth-order valence-corrected chi connectivity index (χ4v) is 1.21. The van der Waals surface area contributed by atoms with E-state index >= 15 is 0 Å². The second kappa shape index (κ2) is 8.75. The highest BCUT2D eigenvalue weighted by Crippen LogP contribution is 2.08. The van der Waals surface area contributed by atoms with Gasteiger partial charge in [0.1, 0.15) is 12.4 Å². The maximum absolute atomic E-state index is 5.43. The molecule has 0 spiro atoms. The Labute approximate surface area is 103 Å². The molecule has 96 valence electrons. The summed E-state index contributed by atoms with van der Waals surface area (Å²) < 4.78 is 10.7. The highest BCUT2D eigenvalue weighted by Gasteiger charge is 1.98. The molecule has 0 aliphatic heterocycles. The predicted octanol–water partition coefficient (Wildman–Crippen LogP) is 2.10. The van der Waals surface area contributed by atoms with E-state index in [4.69, 9.17) is 9.47 Å². The van der Waals surface area contributed by atoms with Crippen LogP contribution in [-0.4, -0.2) is 36.3 Å².